The number of aryl methyl sites for hydroxylation is 2. The molecular weight excluding hydrogens is 242 g/mol. The number of aliphatic carboxylic acids is 1. The van der Waals surface area contributed by atoms with Crippen LogP contribution in [0.1, 0.15) is 31.4 Å². The molecule has 2 N–H and O–H groups in total. The summed E-state index contributed by atoms with van der Waals surface area (Å²) >= 11 is 0. The maximum Gasteiger partial charge on any atom is 0.303 e. The van der Waals surface area contributed by atoms with E-state index in [4.69, 9.17) is 9.84 Å². The first-order valence-corrected chi connectivity index (χ1v) is 6.36. The Morgan fingerprint density at radius 2 is 2.00 bits per heavy atom. The summed E-state index contributed by atoms with van der Waals surface area (Å²) in [6.07, 6.45) is 0.132. The molecule has 19 heavy (non-hydrogen) atoms. The number of benzene rings is 1. The van der Waals surface area contributed by atoms with Gasteiger partial charge in [0.05, 0.1) is 19.2 Å². The van der Waals surface area contributed by atoms with Gasteiger partial charge in [0.15, 0.2) is 0 Å². The van der Waals surface area contributed by atoms with E-state index in [1.165, 1.54) is 0 Å². The van der Waals surface area contributed by atoms with Gasteiger partial charge in [-0.3, -0.25) is 4.79 Å². The zero-order valence-electron chi connectivity index (χ0n) is 12.3. The molecule has 0 heterocycles. The van der Waals surface area contributed by atoms with Gasteiger partial charge in [-0.15, -0.1) is 0 Å². The third-order valence-corrected chi connectivity index (χ3v) is 3.04. The van der Waals surface area contributed by atoms with Crippen molar-refractivity contribution >= 4 is 11.7 Å². The summed E-state index contributed by atoms with van der Waals surface area (Å²) in [6, 6.07) is 4.05. The number of carboxylic acid groups (broad SMARTS) is 1. The van der Waals surface area contributed by atoms with E-state index in [0.717, 1.165) is 22.6 Å². The number of anilines is 1. The van der Waals surface area contributed by atoms with Crippen molar-refractivity contribution in [1.29, 1.82) is 0 Å². The average Bonchev–Trinajstić information content (AvgIpc) is 2.24. The minimum Gasteiger partial charge on any atom is -0.495 e. The van der Waals surface area contributed by atoms with Crippen molar-refractivity contribution in [2.75, 3.05) is 19.0 Å². The zero-order valence-corrected chi connectivity index (χ0v) is 12.3. The molecule has 4 nitrogen and oxygen atoms in total. The van der Waals surface area contributed by atoms with Gasteiger partial charge < -0.3 is 15.2 Å². The summed E-state index contributed by atoms with van der Waals surface area (Å²) in [4.78, 5) is 10.8. The number of carboxylic acids is 1. The maximum atomic E-state index is 10.8. The number of hydrogen-bond donors (Lipinski definition) is 2. The molecule has 0 aliphatic rings. The highest BCUT2D eigenvalue weighted by Gasteiger charge is 2.22. The van der Waals surface area contributed by atoms with Crippen LogP contribution in [0.2, 0.25) is 0 Å². The lowest BCUT2D eigenvalue weighted by atomic mass is 9.89. The first kappa shape index (κ1) is 15.3. The average molecular weight is 265 g/mol. The molecule has 0 aromatic heterocycles. The molecule has 0 radical (unpaired) electrons. The summed E-state index contributed by atoms with van der Waals surface area (Å²) in [5.41, 5.74) is 2.87. The van der Waals surface area contributed by atoms with Gasteiger partial charge in [-0.25, -0.2) is 0 Å². The van der Waals surface area contributed by atoms with Gasteiger partial charge >= 0.3 is 5.97 Å². The van der Waals surface area contributed by atoms with Crippen LogP contribution in [0.15, 0.2) is 12.1 Å². The van der Waals surface area contributed by atoms with Gasteiger partial charge in [0.2, 0.25) is 0 Å². The van der Waals surface area contributed by atoms with Crippen LogP contribution in [0.3, 0.4) is 0 Å². The number of rotatable bonds is 6. The van der Waals surface area contributed by atoms with Gasteiger partial charge in [-0.2, -0.15) is 0 Å². The Hall–Kier alpha value is -1.71. The van der Waals surface area contributed by atoms with Crippen LogP contribution in [-0.4, -0.2) is 24.7 Å². The molecule has 1 rings (SSSR count). The number of hydrogen-bond acceptors (Lipinski definition) is 3. The molecule has 1 aromatic carbocycles. The molecule has 0 fully saturated rings. The number of carbonyl (C=O) groups is 1. The van der Waals surface area contributed by atoms with E-state index < -0.39 is 5.97 Å². The Labute approximate surface area is 114 Å². The zero-order chi connectivity index (χ0) is 14.6. The van der Waals surface area contributed by atoms with Crippen molar-refractivity contribution in [3.8, 4) is 5.75 Å². The third kappa shape index (κ3) is 4.47. The van der Waals surface area contributed by atoms with E-state index in [0.29, 0.717) is 6.54 Å². The highest BCUT2D eigenvalue weighted by atomic mass is 16.5. The fourth-order valence-electron chi connectivity index (χ4n) is 2.12. The van der Waals surface area contributed by atoms with E-state index in [-0.39, 0.29) is 11.8 Å². The summed E-state index contributed by atoms with van der Waals surface area (Å²) < 4.78 is 5.37. The second kappa shape index (κ2) is 5.95. The molecule has 1 aromatic rings. The van der Waals surface area contributed by atoms with Gasteiger partial charge in [-0.1, -0.05) is 19.9 Å². The second-order valence-corrected chi connectivity index (χ2v) is 5.75. The molecule has 106 valence electrons. The van der Waals surface area contributed by atoms with Crippen LogP contribution in [0, 0.1) is 19.3 Å². The number of methoxy groups -OCH3 is 1. The quantitative estimate of drug-likeness (QED) is 0.829. The molecule has 0 amide bonds. The molecule has 0 spiro atoms. The highest BCUT2D eigenvalue weighted by Crippen LogP contribution is 2.31. The summed E-state index contributed by atoms with van der Waals surface area (Å²) in [5, 5.41) is 12.2. The van der Waals surface area contributed by atoms with Crippen LogP contribution in [0.4, 0.5) is 5.69 Å². The van der Waals surface area contributed by atoms with Crippen molar-refractivity contribution in [3.63, 3.8) is 0 Å². The van der Waals surface area contributed by atoms with E-state index in [1.54, 1.807) is 7.11 Å². The van der Waals surface area contributed by atoms with Crippen molar-refractivity contribution in [1.82, 2.24) is 0 Å². The highest BCUT2D eigenvalue weighted by molar-refractivity contribution is 5.68. The molecule has 0 bridgehead atoms. The fourth-order valence-corrected chi connectivity index (χ4v) is 2.12. The smallest absolute Gasteiger partial charge is 0.303 e. The summed E-state index contributed by atoms with van der Waals surface area (Å²) in [6.45, 7) is 8.49. The molecule has 0 aliphatic carbocycles. The summed E-state index contributed by atoms with van der Waals surface area (Å²) in [5.74, 6) is 0.0167. The van der Waals surface area contributed by atoms with Crippen molar-refractivity contribution in [3.05, 3.63) is 23.3 Å². The predicted molar refractivity (Wildman–Crippen MR) is 77.0 cm³/mol. The van der Waals surface area contributed by atoms with Gasteiger partial charge in [0.1, 0.15) is 5.75 Å². The lowest BCUT2D eigenvalue weighted by Gasteiger charge is -2.25. The maximum absolute atomic E-state index is 10.8. The van der Waals surface area contributed by atoms with E-state index in [1.807, 2.05) is 33.8 Å². The van der Waals surface area contributed by atoms with Gasteiger partial charge in [-0.05, 0) is 36.5 Å². The fraction of sp³-hybridized carbons (Fsp3) is 0.533. The van der Waals surface area contributed by atoms with Crippen molar-refractivity contribution in [2.24, 2.45) is 5.41 Å². The summed E-state index contributed by atoms with van der Waals surface area (Å²) in [7, 11) is 1.64. The van der Waals surface area contributed by atoms with Crippen LogP contribution in [0.5, 0.6) is 5.75 Å². The van der Waals surface area contributed by atoms with Crippen molar-refractivity contribution in [2.45, 2.75) is 34.1 Å². The molecule has 0 unspecified atom stereocenters. The lowest BCUT2D eigenvalue weighted by Crippen LogP contribution is -2.26. The second-order valence-electron chi connectivity index (χ2n) is 5.75. The molecule has 0 saturated carbocycles. The minimum atomic E-state index is -0.778. The Kier molecular flexibility index (Phi) is 4.81. The monoisotopic (exact) mass is 265 g/mol. The molecule has 0 saturated heterocycles. The van der Waals surface area contributed by atoms with E-state index >= 15 is 0 Å². The molecular formula is C15H23NO3. The lowest BCUT2D eigenvalue weighted by molar-refractivity contribution is -0.139. The van der Waals surface area contributed by atoms with Crippen LogP contribution in [-0.2, 0) is 4.79 Å². The number of ether oxygens (including phenoxy) is 1. The molecule has 4 heteroatoms. The third-order valence-electron chi connectivity index (χ3n) is 3.04. The van der Waals surface area contributed by atoms with Crippen LogP contribution < -0.4 is 10.1 Å². The van der Waals surface area contributed by atoms with Gasteiger partial charge in [0.25, 0.3) is 0 Å². The Bertz CT molecular complexity index is 467. The van der Waals surface area contributed by atoms with Crippen molar-refractivity contribution < 1.29 is 14.6 Å². The Balaban J connectivity index is 2.85. The SMILES string of the molecule is COc1cc(C)cc(C)c1NCC(C)(C)CC(=O)O. The topological polar surface area (TPSA) is 58.6 Å². The van der Waals surface area contributed by atoms with E-state index in [2.05, 4.69) is 11.4 Å². The van der Waals surface area contributed by atoms with Gasteiger partial charge in [0, 0.05) is 6.54 Å². The number of nitrogens with one attached hydrogen (secondary N) is 1. The Morgan fingerprint density at radius 1 is 1.37 bits per heavy atom. The standard InChI is InChI=1S/C15H23NO3/c1-10-6-11(2)14(12(7-10)19-5)16-9-15(3,4)8-13(17)18/h6-7,16H,8-9H2,1-5H3,(H,17,18). The predicted octanol–water partition coefficient (Wildman–Crippen LogP) is 3.22. The molecule has 0 atom stereocenters. The Morgan fingerprint density at radius 3 is 2.53 bits per heavy atom. The van der Waals surface area contributed by atoms with E-state index in [9.17, 15) is 4.79 Å². The van der Waals surface area contributed by atoms with Crippen LogP contribution in [0.25, 0.3) is 0 Å². The van der Waals surface area contributed by atoms with Crippen LogP contribution >= 0.6 is 0 Å². The largest absolute Gasteiger partial charge is 0.495 e. The minimum absolute atomic E-state index is 0.132. The molecule has 0 aliphatic heterocycles. The first-order valence-electron chi connectivity index (χ1n) is 6.36. The first-order chi connectivity index (χ1) is 8.75. The normalized spacial score (nSPS) is 11.2.